The van der Waals surface area contributed by atoms with Gasteiger partial charge in [0.05, 0.1) is 10.8 Å². The third-order valence-corrected chi connectivity index (χ3v) is 4.63. The van der Waals surface area contributed by atoms with E-state index in [9.17, 15) is 9.90 Å². The minimum atomic E-state index is -0.585. The molecule has 1 amide bonds. The molecule has 0 spiro atoms. The minimum absolute atomic E-state index is 0.0132. The topological polar surface area (TPSA) is 63.3 Å². The summed E-state index contributed by atoms with van der Waals surface area (Å²) in [4.78, 5) is 12.7. The Balaban J connectivity index is 2.18. The summed E-state index contributed by atoms with van der Waals surface area (Å²) >= 11 is 1.53. The van der Waals surface area contributed by atoms with Gasteiger partial charge in [-0.3, -0.25) is 4.79 Å². The lowest BCUT2D eigenvalue weighted by Gasteiger charge is -2.26. The van der Waals surface area contributed by atoms with E-state index in [1.165, 1.54) is 11.8 Å². The number of carbonyl (C=O) groups is 1. The number of aliphatic hydroxyl groups is 1. The van der Waals surface area contributed by atoms with Gasteiger partial charge in [-0.25, -0.2) is 0 Å². The maximum absolute atomic E-state index is 11.7. The minimum Gasteiger partial charge on any atom is -0.507 e. The Hall–Kier alpha value is -2.20. The number of primary amides is 1. The molecule has 20 heavy (non-hydrogen) atoms. The van der Waals surface area contributed by atoms with Crippen molar-refractivity contribution >= 4 is 23.4 Å². The molecule has 2 aromatic rings. The number of hydrogen-bond acceptors (Lipinski definition) is 3. The average molecular weight is 283 g/mol. The van der Waals surface area contributed by atoms with Gasteiger partial charge in [0, 0.05) is 10.5 Å². The molecule has 1 aliphatic rings. The molecule has 0 aromatic heterocycles. The molecular weight excluding hydrogens is 270 g/mol. The summed E-state index contributed by atoms with van der Waals surface area (Å²) < 4.78 is 0. The molecule has 1 atom stereocenters. The smallest absolute Gasteiger partial charge is 0.249 e. The molecule has 4 heteroatoms. The fraction of sp³-hybridized carbons (Fsp3) is 0.0625. The highest BCUT2D eigenvalue weighted by Gasteiger charge is 2.32. The number of hydrogen-bond donors (Lipinski definition) is 2. The summed E-state index contributed by atoms with van der Waals surface area (Å²) in [6.45, 7) is 0. The summed E-state index contributed by atoms with van der Waals surface area (Å²) in [7, 11) is 0. The van der Waals surface area contributed by atoms with E-state index in [0.29, 0.717) is 5.56 Å². The zero-order chi connectivity index (χ0) is 14.1. The van der Waals surface area contributed by atoms with Crippen LogP contribution in [0.4, 0.5) is 0 Å². The molecule has 3 N–H and O–H groups in total. The zero-order valence-corrected chi connectivity index (χ0v) is 11.4. The summed E-state index contributed by atoms with van der Waals surface area (Å²) in [5.74, 6) is -0.598. The van der Waals surface area contributed by atoms with E-state index in [1.54, 1.807) is 6.07 Å². The van der Waals surface area contributed by atoms with Crippen molar-refractivity contribution in [1.29, 1.82) is 0 Å². The monoisotopic (exact) mass is 283 g/mol. The molecule has 0 saturated carbocycles. The quantitative estimate of drug-likeness (QED) is 0.889. The van der Waals surface area contributed by atoms with E-state index in [2.05, 4.69) is 0 Å². The van der Waals surface area contributed by atoms with Crippen LogP contribution in [0.15, 0.2) is 65.1 Å². The van der Waals surface area contributed by atoms with Crippen molar-refractivity contribution in [2.24, 2.45) is 5.73 Å². The second-order valence-corrected chi connectivity index (χ2v) is 5.68. The van der Waals surface area contributed by atoms with E-state index < -0.39 is 5.91 Å². The molecule has 0 saturated heterocycles. The number of amides is 1. The lowest BCUT2D eigenvalue weighted by molar-refractivity contribution is -0.114. The first-order chi connectivity index (χ1) is 9.68. The third-order valence-electron chi connectivity index (χ3n) is 3.27. The van der Waals surface area contributed by atoms with Gasteiger partial charge < -0.3 is 10.8 Å². The molecule has 1 unspecified atom stereocenters. The summed E-state index contributed by atoms with van der Waals surface area (Å²) in [6, 6.07) is 17.1. The maximum atomic E-state index is 11.7. The Morgan fingerprint density at radius 2 is 1.70 bits per heavy atom. The van der Waals surface area contributed by atoms with Crippen LogP contribution in [0.25, 0.3) is 5.76 Å². The van der Waals surface area contributed by atoms with Gasteiger partial charge in [0.1, 0.15) is 5.76 Å². The highest BCUT2D eigenvalue weighted by Crippen LogP contribution is 2.48. The SMILES string of the molecule is NC(=O)C1=C(O)c2ccccc2SC1c1ccccc1. The predicted octanol–water partition coefficient (Wildman–Crippen LogP) is 3.29. The fourth-order valence-electron chi connectivity index (χ4n) is 2.33. The molecule has 0 fully saturated rings. The van der Waals surface area contributed by atoms with Crippen LogP contribution in [0, 0.1) is 0 Å². The number of fused-ring (bicyclic) bond motifs is 1. The largest absolute Gasteiger partial charge is 0.507 e. The standard InChI is InChI=1S/C16H13NO2S/c17-16(19)13-14(18)11-8-4-5-9-12(11)20-15(13)10-6-2-1-3-7-10/h1-9,15,18H,(H2,17,19). The number of carbonyl (C=O) groups excluding carboxylic acids is 1. The lowest BCUT2D eigenvalue weighted by Crippen LogP contribution is -2.22. The van der Waals surface area contributed by atoms with Gasteiger partial charge in [0.25, 0.3) is 0 Å². The van der Waals surface area contributed by atoms with Crippen molar-refractivity contribution < 1.29 is 9.90 Å². The van der Waals surface area contributed by atoms with Crippen molar-refractivity contribution in [3.8, 4) is 0 Å². The highest BCUT2D eigenvalue weighted by atomic mass is 32.2. The lowest BCUT2D eigenvalue weighted by atomic mass is 9.99. The Kier molecular flexibility index (Phi) is 3.24. The Bertz CT molecular complexity index is 695. The van der Waals surface area contributed by atoms with Gasteiger partial charge in [0.15, 0.2) is 0 Å². The fourth-order valence-corrected chi connectivity index (χ4v) is 3.67. The summed E-state index contributed by atoms with van der Waals surface area (Å²) in [5, 5.41) is 10.1. The summed E-state index contributed by atoms with van der Waals surface area (Å²) in [6.07, 6.45) is 0. The molecule has 0 aliphatic carbocycles. The van der Waals surface area contributed by atoms with E-state index in [-0.39, 0.29) is 16.6 Å². The number of nitrogens with two attached hydrogens (primary N) is 1. The van der Waals surface area contributed by atoms with Crippen LogP contribution in [0.2, 0.25) is 0 Å². The van der Waals surface area contributed by atoms with E-state index >= 15 is 0 Å². The van der Waals surface area contributed by atoms with Gasteiger partial charge in [-0.2, -0.15) is 0 Å². The Morgan fingerprint density at radius 1 is 1.05 bits per heavy atom. The number of thioether (sulfide) groups is 1. The van der Waals surface area contributed by atoms with Crippen LogP contribution >= 0.6 is 11.8 Å². The van der Waals surface area contributed by atoms with Crippen LogP contribution in [-0.2, 0) is 4.79 Å². The second kappa shape index (κ2) is 5.06. The zero-order valence-electron chi connectivity index (χ0n) is 10.6. The predicted molar refractivity (Wildman–Crippen MR) is 80.2 cm³/mol. The van der Waals surface area contributed by atoms with Crippen LogP contribution in [0.1, 0.15) is 16.4 Å². The van der Waals surface area contributed by atoms with Crippen LogP contribution in [0.5, 0.6) is 0 Å². The molecule has 3 nitrogen and oxygen atoms in total. The van der Waals surface area contributed by atoms with E-state index in [4.69, 9.17) is 5.73 Å². The Labute approximate surface area is 121 Å². The van der Waals surface area contributed by atoms with Crippen molar-refractivity contribution in [3.05, 3.63) is 71.3 Å². The first-order valence-corrected chi connectivity index (χ1v) is 7.10. The molecule has 0 bridgehead atoms. The van der Waals surface area contributed by atoms with Crippen LogP contribution < -0.4 is 5.73 Å². The Morgan fingerprint density at radius 3 is 2.40 bits per heavy atom. The van der Waals surface area contributed by atoms with Gasteiger partial charge >= 0.3 is 0 Å². The number of rotatable bonds is 2. The van der Waals surface area contributed by atoms with Crippen molar-refractivity contribution in [2.45, 2.75) is 10.1 Å². The average Bonchev–Trinajstić information content (AvgIpc) is 2.47. The van der Waals surface area contributed by atoms with Crippen molar-refractivity contribution in [1.82, 2.24) is 0 Å². The summed E-state index contributed by atoms with van der Waals surface area (Å²) in [5.41, 5.74) is 7.35. The molecule has 1 aliphatic heterocycles. The first kappa shape index (κ1) is 12.8. The normalized spacial score (nSPS) is 17.7. The van der Waals surface area contributed by atoms with E-state index in [0.717, 1.165) is 10.5 Å². The number of aliphatic hydroxyl groups excluding tert-OH is 1. The molecule has 1 heterocycles. The van der Waals surface area contributed by atoms with Crippen LogP contribution in [-0.4, -0.2) is 11.0 Å². The van der Waals surface area contributed by atoms with Crippen molar-refractivity contribution in [2.75, 3.05) is 0 Å². The first-order valence-electron chi connectivity index (χ1n) is 6.22. The van der Waals surface area contributed by atoms with Crippen LogP contribution in [0.3, 0.4) is 0 Å². The van der Waals surface area contributed by atoms with Gasteiger partial charge in [0.2, 0.25) is 5.91 Å². The molecular formula is C16H13NO2S. The highest BCUT2D eigenvalue weighted by molar-refractivity contribution is 8.00. The molecule has 100 valence electrons. The molecule has 3 rings (SSSR count). The molecule has 2 aromatic carbocycles. The van der Waals surface area contributed by atoms with Crippen molar-refractivity contribution in [3.63, 3.8) is 0 Å². The number of benzene rings is 2. The van der Waals surface area contributed by atoms with Gasteiger partial charge in [-0.1, -0.05) is 48.5 Å². The second-order valence-electron chi connectivity index (χ2n) is 4.53. The van der Waals surface area contributed by atoms with Gasteiger partial charge in [-0.05, 0) is 11.6 Å². The third kappa shape index (κ3) is 2.08. The van der Waals surface area contributed by atoms with Gasteiger partial charge in [-0.15, -0.1) is 11.8 Å². The maximum Gasteiger partial charge on any atom is 0.249 e. The van der Waals surface area contributed by atoms with E-state index in [1.807, 2.05) is 48.5 Å². The molecule has 0 radical (unpaired) electrons.